The predicted molar refractivity (Wildman–Crippen MR) is 106 cm³/mol. The lowest BCUT2D eigenvalue weighted by Crippen LogP contribution is -2.15. The van der Waals surface area contributed by atoms with Crippen molar-refractivity contribution in [3.8, 4) is 11.3 Å². The molecule has 0 N–H and O–H groups in total. The number of hydrogen-bond acceptors (Lipinski definition) is 5. The van der Waals surface area contributed by atoms with Crippen LogP contribution in [0.4, 0.5) is 5.69 Å². The fraction of sp³-hybridized carbons (Fsp3) is 0.368. The Morgan fingerprint density at radius 2 is 2.04 bits per heavy atom. The molecule has 1 heterocycles. The van der Waals surface area contributed by atoms with Crippen molar-refractivity contribution in [3.63, 3.8) is 0 Å². The Labute approximate surface area is 156 Å². The van der Waals surface area contributed by atoms with Crippen molar-refractivity contribution in [1.29, 1.82) is 0 Å². The lowest BCUT2D eigenvalue weighted by atomic mass is 10.1. The van der Waals surface area contributed by atoms with Gasteiger partial charge in [-0.1, -0.05) is 31.1 Å². The highest BCUT2D eigenvalue weighted by molar-refractivity contribution is 7.07. The molecular formula is C19H22N4O2S. The third kappa shape index (κ3) is 4.35. The van der Waals surface area contributed by atoms with E-state index >= 15 is 0 Å². The van der Waals surface area contributed by atoms with Crippen molar-refractivity contribution in [2.75, 3.05) is 6.54 Å². The molecule has 0 bridgehead atoms. The molecule has 0 radical (unpaired) electrons. The standard InChI is InChI=1S/C19H22N4O2S/c1-2-12-20-19-22(21-16-9-5-3-4-6-10-16)18(14-26-19)15-8-7-11-17(13-15)23(24)25/h2,7-8,11,13-14H,1,3-6,9-10,12H2. The first kappa shape index (κ1) is 18.3. The summed E-state index contributed by atoms with van der Waals surface area (Å²) in [5.41, 5.74) is 2.85. The maximum atomic E-state index is 11.1. The van der Waals surface area contributed by atoms with E-state index in [4.69, 9.17) is 5.10 Å². The highest BCUT2D eigenvalue weighted by atomic mass is 32.1. The van der Waals surface area contributed by atoms with E-state index < -0.39 is 0 Å². The van der Waals surface area contributed by atoms with E-state index in [-0.39, 0.29) is 10.6 Å². The molecule has 26 heavy (non-hydrogen) atoms. The summed E-state index contributed by atoms with van der Waals surface area (Å²) in [6.07, 6.45) is 8.56. The first-order valence-electron chi connectivity index (χ1n) is 8.82. The van der Waals surface area contributed by atoms with E-state index in [2.05, 4.69) is 11.6 Å². The minimum absolute atomic E-state index is 0.0759. The molecule has 136 valence electrons. The molecule has 3 rings (SSSR count). The number of rotatable bonds is 5. The molecule has 1 aliphatic rings. The molecular weight excluding hydrogens is 348 g/mol. The summed E-state index contributed by atoms with van der Waals surface area (Å²) in [4.78, 5) is 16.1. The second-order valence-electron chi connectivity index (χ2n) is 6.23. The molecule has 0 amide bonds. The molecule has 0 aliphatic heterocycles. The van der Waals surface area contributed by atoms with Gasteiger partial charge in [0.25, 0.3) is 5.69 Å². The third-order valence-corrected chi connectivity index (χ3v) is 5.17. The molecule has 0 unspecified atom stereocenters. The normalized spacial score (nSPS) is 15.5. The van der Waals surface area contributed by atoms with Crippen LogP contribution >= 0.6 is 11.3 Å². The Morgan fingerprint density at radius 3 is 2.73 bits per heavy atom. The molecule has 0 spiro atoms. The average Bonchev–Trinajstić information content (AvgIpc) is 2.86. The van der Waals surface area contributed by atoms with E-state index in [1.54, 1.807) is 18.2 Å². The fourth-order valence-electron chi connectivity index (χ4n) is 3.00. The summed E-state index contributed by atoms with van der Waals surface area (Å²) in [5, 5.41) is 18.0. The predicted octanol–water partition coefficient (Wildman–Crippen LogP) is 4.77. The molecule has 0 saturated heterocycles. The number of aromatic nitrogens is 1. The summed E-state index contributed by atoms with van der Waals surface area (Å²) in [6.45, 7) is 4.23. The zero-order valence-corrected chi connectivity index (χ0v) is 15.5. The van der Waals surface area contributed by atoms with Crippen LogP contribution in [0.3, 0.4) is 0 Å². The van der Waals surface area contributed by atoms with Crippen molar-refractivity contribution < 1.29 is 4.92 Å². The molecule has 1 aromatic heterocycles. The monoisotopic (exact) mass is 370 g/mol. The van der Waals surface area contributed by atoms with Gasteiger partial charge in [0, 0.05) is 28.8 Å². The Hall–Kier alpha value is -2.54. The average molecular weight is 370 g/mol. The molecule has 6 nitrogen and oxygen atoms in total. The molecule has 1 saturated carbocycles. The van der Waals surface area contributed by atoms with Gasteiger partial charge in [0.2, 0.25) is 4.80 Å². The van der Waals surface area contributed by atoms with Gasteiger partial charge in [-0.2, -0.15) is 5.10 Å². The number of hydrogen-bond donors (Lipinski definition) is 0. The van der Waals surface area contributed by atoms with E-state index in [0.29, 0.717) is 6.54 Å². The number of nitro groups is 1. The zero-order valence-electron chi connectivity index (χ0n) is 14.6. The first-order chi connectivity index (χ1) is 12.7. The summed E-state index contributed by atoms with van der Waals surface area (Å²) in [7, 11) is 0. The van der Waals surface area contributed by atoms with Crippen LogP contribution in [-0.4, -0.2) is 21.9 Å². The van der Waals surface area contributed by atoms with E-state index in [1.807, 2.05) is 16.1 Å². The largest absolute Gasteiger partial charge is 0.270 e. The van der Waals surface area contributed by atoms with E-state index in [1.165, 1.54) is 36.0 Å². The number of benzene rings is 1. The molecule has 7 heteroatoms. The van der Waals surface area contributed by atoms with Gasteiger partial charge in [-0.3, -0.25) is 15.1 Å². The quantitative estimate of drug-likeness (QED) is 0.329. The van der Waals surface area contributed by atoms with Crippen LogP contribution in [0.5, 0.6) is 0 Å². The van der Waals surface area contributed by atoms with Gasteiger partial charge in [-0.15, -0.1) is 17.9 Å². The molecule has 1 fully saturated rings. The topological polar surface area (TPSA) is 72.8 Å². The van der Waals surface area contributed by atoms with Crippen molar-refractivity contribution in [3.05, 3.63) is 57.2 Å². The number of nitrogens with zero attached hydrogens (tertiary/aromatic N) is 4. The maximum Gasteiger partial charge on any atom is 0.270 e. The molecule has 1 aliphatic carbocycles. The van der Waals surface area contributed by atoms with Crippen LogP contribution in [0.25, 0.3) is 11.3 Å². The van der Waals surface area contributed by atoms with Gasteiger partial charge in [0.1, 0.15) is 0 Å². The van der Waals surface area contributed by atoms with E-state index in [9.17, 15) is 10.1 Å². The van der Waals surface area contributed by atoms with Gasteiger partial charge >= 0.3 is 0 Å². The summed E-state index contributed by atoms with van der Waals surface area (Å²) >= 11 is 1.49. The van der Waals surface area contributed by atoms with Crippen molar-refractivity contribution >= 4 is 22.7 Å². The van der Waals surface area contributed by atoms with Crippen LogP contribution < -0.4 is 4.80 Å². The Balaban J connectivity index is 2.09. The van der Waals surface area contributed by atoms with Gasteiger partial charge in [-0.25, -0.2) is 4.68 Å². The summed E-state index contributed by atoms with van der Waals surface area (Å²) in [6, 6.07) is 6.66. The van der Waals surface area contributed by atoms with Gasteiger partial charge in [0.15, 0.2) is 0 Å². The second-order valence-corrected chi connectivity index (χ2v) is 7.07. The zero-order chi connectivity index (χ0) is 18.4. The van der Waals surface area contributed by atoms with Crippen LogP contribution in [0.15, 0.2) is 52.4 Å². The number of thiazole rings is 1. The smallest absolute Gasteiger partial charge is 0.258 e. The summed E-state index contributed by atoms with van der Waals surface area (Å²) < 4.78 is 1.84. The minimum Gasteiger partial charge on any atom is -0.258 e. The van der Waals surface area contributed by atoms with Crippen molar-refractivity contribution in [1.82, 2.24) is 4.68 Å². The Morgan fingerprint density at radius 1 is 1.27 bits per heavy atom. The SMILES string of the molecule is C=CCN=c1scc(-c2cccc([N+](=O)[O-])c2)n1N=C1CCCCCC1. The lowest BCUT2D eigenvalue weighted by molar-refractivity contribution is -0.384. The van der Waals surface area contributed by atoms with Gasteiger partial charge in [-0.05, 0) is 25.7 Å². The molecule has 1 aromatic carbocycles. The van der Waals surface area contributed by atoms with Gasteiger partial charge in [0.05, 0.1) is 17.2 Å². The fourth-order valence-corrected chi connectivity index (χ4v) is 3.84. The number of non-ortho nitro benzene ring substituents is 1. The maximum absolute atomic E-state index is 11.1. The van der Waals surface area contributed by atoms with Crippen LogP contribution in [0.1, 0.15) is 38.5 Å². The number of nitro benzene ring substituents is 1. The van der Waals surface area contributed by atoms with Crippen LogP contribution in [-0.2, 0) is 0 Å². The van der Waals surface area contributed by atoms with Gasteiger partial charge < -0.3 is 0 Å². The Bertz CT molecular complexity index is 885. The molecule has 2 aromatic rings. The second kappa shape index (κ2) is 8.71. The Kier molecular flexibility index (Phi) is 6.12. The first-order valence-corrected chi connectivity index (χ1v) is 9.70. The lowest BCUT2D eigenvalue weighted by Gasteiger charge is -2.07. The minimum atomic E-state index is -0.375. The third-order valence-electron chi connectivity index (χ3n) is 4.32. The molecule has 0 atom stereocenters. The van der Waals surface area contributed by atoms with Crippen molar-refractivity contribution in [2.45, 2.75) is 38.5 Å². The summed E-state index contributed by atoms with van der Waals surface area (Å²) in [5.74, 6) is 0. The van der Waals surface area contributed by atoms with Crippen molar-refractivity contribution in [2.24, 2.45) is 10.1 Å². The van der Waals surface area contributed by atoms with E-state index in [0.717, 1.165) is 41.7 Å². The highest BCUT2D eigenvalue weighted by Crippen LogP contribution is 2.25. The van der Waals surface area contributed by atoms with Crippen LogP contribution in [0.2, 0.25) is 0 Å². The highest BCUT2D eigenvalue weighted by Gasteiger charge is 2.13. The van der Waals surface area contributed by atoms with Crippen LogP contribution in [0, 0.1) is 10.1 Å².